The molecule has 0 atom stereocenters. The molecular weight excluding hydrogens is 250 g/mol. The zero-order chi connectivity index (χ0) is 12.0. The van der Waals surface area contributed by atoms with Gasteiger partial charge in [-0.15, -0.1) is 0 Å². The second-order valence-electron chi connectivity index (χ2n) is 2.78. The molecule has 0 radical (unpaired) electrons. The first-order valence-corrected chi connectivity index (χ1v) is 7.24. The Morgan fingerprint density at radius 2 is 2.06 bits per heavy atom. The van der Waals surface area contributed by atoms with E-state index < -0.39 is 9.15 Å². The average Bonchev–Trinajstić information content (AvgIpc) is 2.24. The van der Waals surface area contributed by atoms with Crippen LogP contribution in [0.15, 0.2) is 35.5 Å². The van der Waals surface area contributed by atoms with Crippen LogP contribution in [0.4, 0.5) is 0 Å². The summed E-state index contributed by atoms with van der Waals surface area (Å²) >= 11 is 0. The number of benzene rings is 1. The summed E-state index contributed by atoms with van der Waals surface area (Å²) in [6.45, 7) is 0. The van der Waals surface area contributed by atoms with E-state index >= 15 is 0 Å². The molecule has 0 heterocycles. The molecule has 0 spiro atoms. The fourth-order valence-corrected chi connectivity index (χ4v) is 2.30. The molecule has 0 aromatic heterocycles. The largest absolute Gasteiger partial charge is 0.399 e. The van der Waals surface area contributed by atoms with Crippen molar-refractivity contribution in [3.05, 3.63) is 35.9 Å². The third-order valence-electron chi connectivity index (χ3n) is 1.65. The summed E-state index contributed by atoms with van der Waals surface area (Å²) in [6.07, 6.45) is 0. The first-order chi connectivity index (χ1) is 7.53. The van der Waals surface area contributed by atoms with Crippen molar-refractivity contribution in [1.29, 1.82) is 0 Å². The summed E-state index contributed by atoms with van der Waals surface area (Å²) in [4.78, 5) is 4.62. The fourth-order valence-electron chi connectivity index (χ4n) is 1.03. The predicted octanol–water partition coefficient (Wildman–Crippen LogP) is 1.57. The smallest absolute Gasteiger partial charge is 0.320 e. The number of hydrogen-bond acceptors (Lipinski definition) is 5. The highest BCUT2D eigenvalue weighted by atomic mass is 33.1. The lowest BCUT2D eigenvalue weighted by Crippen LogP contribution is -2.07. The molecule has 1 rings (SSSR count). The van der Waals surface area contributed by atoms with Crippen LogP contribution in [-0.2, 0) is 14.0 Å². The number of nitrogens with zero attached hydrogens (tertiary/aromatic N) is 1. The first-order valence-electron chi connectivity index (χ1n) is 4.30. The Balaban J connectivity index is 2.82. The van der Waals surface area contributed by atoms with Crippen LogP contribution >= 0.6 is 10.8 Å². The van der Waals surface area contributed by atoms with Crippen molar-refractivity contribution in [1.82, 2.24) is 0 Å². The number of rotatable bonds is 5. The Hall–Kier alpha value is -1.05. The van der Waals surface area contributed by atoms with Crippen LogP contribution in [0.3, 0.4) is 0 Å². The Kier molecular flexibility index (Phi) is 4.78. The van der Waals surface area contributed by atoms with Gasteiger partial charge in [0.25, 0.3) is 0 Å². The van der Waals surface area contributed by atoms with Crippen LogP contribution in [0.1, 0.15) is 5.56 Å². The third kappa shape index (κ3) is 4.65. The van der Waals surface area contributed by atoms with Crippen molar-refractivity contribution >= 4 is 25.7 Å². The molecule has 0 aliphatic rings. The minimum absolute atomic E-state index is 0.0245. The van der Waals surface area contributed by atoms with E-state index in [4.69, 9.17) is 4.55 Å². The Labute approximate surface area is 97.6 Å². The zero-order valence-electron chi connectivity index (χ0n) is 8.53. The van der Waals surface area contributed by atoms with E-state index in [9.17, 15) is 8.42 Å². The molecule has 0 saturated heterocycles. The van der Waals surface area contributed by atoms with Gasteiger partial charge in [0.2, 0.25) is 0 Å². The molecule has 0 bridgehead atoms. The molecule has 0 aliphatic carbocycles. The second kappa shape index (κ2) is 5.88. The van der Waals surface area contributed by atoms with Gasteiger partial charge < -0.3 is 4.84 Å². The maximum Gasteiger partial charge on any atom is 0.320 e. The molecule has 0 saturated carbocycles. The van der Waals surface area contributed by atoms with Crippen LogP contribution in [-0.4, -0.2) is 31.5 Å². The summed E-state index contributed by atoms with van der Waals surface area (Å²) < 4.78 is 29.8. The predicted molar refractivity (Wildman–Crippen MR) is 64.0 cm³/mol. The van der Waals surface area contributed by atoms with Gasteiger partial charge in [0.1, 0.15) is 7.11 Å². The summed E-state index contributed by atoms with van der Waals surface area (Å²) in [5, 5.41) is 3.72. The highest BCUT2D eigenvalue weighted by molar-refractivity contribution is 8.70. The standard InChI is InChI=1S/C9H11NO4S2/c1-14-10-9(7-15-16(11,12)13)8-5-3-2-4-6-8/h2-6H,7H2,1H3,(H,11,12,13). The van der Waals surface area contributed by atoms with Crippen molar-refractivity contribution < 1.29 is 17.8 Å². The van der Waals surface area contributed by atoms with E-state index in [2.05, 4.69) is 9.99 Å². The zero-order valence-corrected chi connectivity index (χ0v) is 10.2. The van der Waals surface area contributed by atoms with Crippen LogP contribution in [0.25, 0.3) is 0 Å². The summed E-state index contributed by atoms with van der Waals surface area (Å²) in [6, 6.07) is 9.01. The van der Waals surface area contributed by atoms with Crippen molar-refractivity contribution in [2.75, 3.05) is 12.9 Å². The van der Waals surface area contributed by atoms with E-state index in [0.29, 0.717) is 16.5 Å². The average molecular weight is 261 g/mol. The van der Waals surface area contributed by atoms with Gasteiger partial charge in [0, 0.05) is 16.4 Å². The highest BCUT2D eigenvalue weighted by Gasteiger charge is 2.11. The monoisotopic (exact) mass is 261 g/mol. The van der Waals surface area contributed by atoms with Gasteiger partial charge in [-0.05, 0) is 0 Å². The van der Waals surface area contributed by atoms with E-state index in [1.807, 2.05) is 6.07 Å². The topological polar surface area (TPSA) is 76.0 Å². The quantitative estimate of drug-likeness (QED) is 0.377. The van der Waals surface area contributed by atoms with E-state index in [0.717, 1.165) is 5.56 Å². The van der Waals surface area contributed by atoms with Gasteiger partial charge in [-0.2, -0.15) is 8.42 Å². The van der Waals surface area contributed by atoms with E-state index in [-0.39, 0.29) is 5.75 Å². The van der Waals surface area contributed by atoms with Crippen molar-refractivity contribution in [3.63, 3.8) is 0 Å². The van der Waals surface area contributed by atoms with Crippen LogP contribution < -0.4 is 0 Å². The minimum Gasteiger partial charge on any atom is -0.399 e. The molecule has 1 aromatic carbocycles. The van der Waals surface area contributed by atoms with Crippen molar-refractivity contribution in [2.24, 2.45) is 5.16 Å². The molecule has 5 nitrogen and oxygen atoms in total. The maximum absolute atomic E-state index is 10.6. The fraction of sp³-hybridized carbons (Fsp3) is 0.222. The molecule has 0 unspecified atom stereocenters. The lowest BCUT2D eigenvalue weighted by atomic mass is 10.1. The molecule has 7 heteroatoms. The Morgan fingerprint density at radius 1 is 1.44 bits per heavy atom. The molecule has 16 heavy (non-hydrogen) atoms. The third-order valence-corrected chi connectivity index (χ3v) is 3.59. The Bertz CT molecular complexity index is 456. The Morgan fingerprint density at radius 3 is 2.56 bits per heavy atom. The highest BCUT2D eigenvalue weighted by Crippen LogP contribution is 2.13. The van der Waals surface area contributed by atoms with Crippen molar-refractivity contribution in [2.45, 2.75) is 0 Å². The summed E-state index contributed by atoms with van der Waals surface area (Å²) in [7, 11) is -2.30. The van der Waals surface area contributed by atoms with E-state index in [1.165, 1.54) is 7.11 Å². The van der Waals surface area contributed by atoms with Gasteiger partial charge in [-0.25, -0.2) is 0 Å². The normalized spacial score (nSPS) is 12.5. The van der Waals surface area contributed by atoms with Gasteiger partial charge in [-0.3, -0.25) is 4.55 Å². The van der Waals surface area contributed by atoms with Gasteiger partial charge >= 0.3 is 9.15 Å². The summed E-state index contributed by atoms with van der Waals surface area (Å²) in [5.41, 5.74) is 1.20. The molecule has 0 aliphatic heterocycles. The van der Waals surface area contributed by atoms with Crippen molar-refractivity contribution in [3.8, 4) is 0 Å². The van der Waals surface area contributed by atoms with E-state index in [1.54, 1.807) is 24.3 Å². The maximum atomic E-state index is 10.6. The van der Waals surface area contributed by atoms with Crippen LogP contribution in [0, 0.1) is 0 Å². The number of oxime groups is 1. The lowest BCUT2D eigenvalue weighted by Gasteiger charge is -2.03. The van der Waals surface area contributed by atoms with Gasteiger partial charge in [-0.1, -0.05) is 35.5 Å². The minimum atomic E-state index is -4.07. The summed E-state index contributed by atoms with van der Waals surface area (Å²) in [5.74, 6) is 0.0245. The number of hydrogen-bond donors (Lipinski definition) is 1. The molecule has 0 fully saturated rings. The molecular formula is C9H11NO4S2. The SMILES string of the molecule is CON=C(CSS(=O)(=O)O)c1ccccc1. The molecule has 1 N–H and O–H groups in total. The van der Waals surface area contributed by atoms with Crippen LogP contribution in [0.2, 0.25) is 0 Å². The second-order valence-corrected chi connectivity index (χ2v) is 6.13. The first kappa shape index (κ1) is 13.0. The van der Waals surface area contributed by atoms with Gasteiger partial charge in [0.05, 0.1) is 11.5 Å². The lowest BCUT2D eigenvalue weighted by molar-refractivity contribution is 0.213. The molecule has 88 valence electrons. The van der Waals surface area contributed by atoms with Gasteiger partial charge in [0.15, 0.2) is 0 Å². The van der Waals surface area contributed by atoms with Crippen LogP contribution in [0.5, 0.6) is 0 Å². The molecule has 0 amide bonds. The molecule has 1 aromatic rings.